The van der Waals surface area contributed by atoms with E-state index in [1.54, 1.807) is 88.4 Å². The van der Waals surface area contributed by atoms with Crippen LogP contribution in [0, 0.1) is 0 Å². The van der Waals surface area contributed by atoms with Crippen molar-refractivity contribution in [1.82, 2.24) is 30.7 Å². The molecular weight excluding hydrogens is 724 g/mol. The Kier molecular flexibility index (Phi) is 15.4. The van der Waals surface area contributed by atoms with Crippen LogP contribution in [-0.4, -0.2) is 107 Å². The quantitative estimate of drug-likeness (QED) is 0.140. The van der Waals surface area contributed by atoms with E-state index >= 15 is 0 Å². The maximum absolute atomic E-state index is 13.9. The summed E-state index contributed by atoms with van der Waals surface area (Å²) in [5.74, 6) is -3.94. The number of ether oxygens (including phenoxy) is 2. The van der Waals surface area contributed by atoms with Gasteiger partial charge in [0.25, 0.3) is 11.8 Å². The molecule has 0 saturated carbocycles. The van der Waals surface area contributed by atoms with E-state index < -0.39 is 58.3 Å². The number of nitrogens with zero attached hydrogens (tertiary/aromatic N) is 4. The number of barbiturate groups is 2. The van der Waals surface area contributed by atoms with Gasteiger partial charge < -0.3 is 9.47 Å². The van der Waals surface area contributed by atoms with E-state index in [4.69, 9.17) is 9.47 Å². The molecule has 0 spiro atoms. The molecule has 2 aliphatic rings. The molecule has 2 aliphatic heterocycles. The van der Waals surface area contributed by atoms with E-state index in [-0.39, 0.29) is 52.0 Å². The average Bonchev–Trinajstić information content (AvgIpc) is 3.20. The molecule has 4 rings (SSSR count). The van der Waals surface area contributed by atoms with E-state index in [9.17, 15) is 38.4 Å². The van der Waals surface area contributed by atoms with Gasteiger partial charge in [0.2, 0.25) is 23.6 Å². The Morgan fingerprint density at radius 1 is 0.554 bits per heavy atom. The van der Waals surface area contributed by atoms with Crippen molar-refractivity contribution in [2.24, 2.45) is 0 Å². The molecular formula is C40H52N6O10. The molecule has 2 fully saturated rings. The van der Waals surface area contributed by atoms with Crippen LogP contribution in [0.4, 0.5) is 9.59 Å². The van der Waals surface area contributed by atoms with Crippen LogP contribution < -0.4 is 10.6 Å². The van der Waals surface area contributed by atoms with Crippen molar-refractivity contribution in [3.05, 3.63) is 71.8 Å². The minimum atomic E-state index is -1.67. The lowest BCUT2D eigenvalue weighted by Crippen LogP contribution is -2.70. The summed E-state index contributed by atoms with van der Waals surface area (Å²) in [7, 11) is 0. The van der Waals surface area contributed by atoms with E-state index in [0.29, 0.717) is 50.0 Å². The minimum Gasteiger partial charge on any atom is -0.381 e. The van der Waals surface area contributed by atoms with Crippen molar-refractivity contribution in [2.45, 2.75) is 89.9 Å². The predicted octanol–water partition coefficient (Wildman–Crippen LogP) is 3.74. The number of hydrogen-bond donors (Lipinski definition) is 2. The molecule has 0 bridgehead atoms. The number of unbranched alkanes of at least 4 members (excludes halogenated alkanes) is 1. The third-order valence-corrected chi connectivity index (χ3v) is 10.1. The van der Waals surface area contributed by atoms with E-state index in [2.05, 4.69) is 10.6 Å². The molecule has 0 aliphatic carbocycles. The number of benzene rings is 2. The van der Waals surface area contributed by atoms with Gasteiger partial charge in [0.1, 0.15) is 0 Å². The van der Waals surface area contributed by atoms with Crippen LogP contribution in [0.5, 0.6) is 0 Å². The third kappa shape index (κ3) is 8.81. The van der Waals surface area contributed by atoms with Gasteiger partial charge in [0.05, 0.1) is 0 Å². The van der Waals surface area contributed by atoms with Crippen LogP contribution in [0.1, 0.15) is 90.2 Å². The summed E-state index contributed by atoms with van der Waals surface area (Å²) in [6.45, 7) is 7.90. The largest absolute Gasteiger partial charge is 0.381 e. The highest BCUT2D eigenvalue weighted by atomic mass is 16.5. The number of carbonyl (C=O) groups is 8. The normalized spacial score (nSPS) is 19.9. The summed E-state index contributed by atoms with van der Waals surface area (Å²) in [4.78, 5) is 106. The highest BCUT2D eigenvalue weighted by molar-refractivity contribution is 6.24. The lowest BCUT2D eigenvalue weighted by atomic mass is 9.75. The van der Waals surface area contributed by atoms with Crippen LogP contribution >= 0.6 is 0 Å². The summed E-state index contributed by atoms with van der Waals surface area (Å²) in [5.41, 5.74) is -2.48. The Hall–Kier alpha value is -5.48. The number of imide groups is 4. The lowest BCUT2D eigenvalue weighted by Gasteiger charge is -2.43. The Labute approximate surface area is 326 Å². The molecule has 2 heterocycles. The molecule has 56 heavy (non-hydrogen) atoms. The monoisotopic (exact) mass is 776 g/mol. The number of hydrogen-bond acceptors (Lipinski definition) is 10. The van der Waals surface area contributed by atoms with Crippen molar-refractivity contribution in [3.63, 3.8) is 0 Å². The molecule has 2 saturated heterocycles. The Bertz CT molecular complexity index is 1630. The molecule has 16 heteroatoms. The molecule has 0 radical (unpaired) electrons. The number of nitrogens with one attached hydrogen (secondary N) is 2. The van der Waals surface area contributed by atoms with Gasteiger partial charge in [0.15, 0.2) is 10.8 Å². The molecule has 2 aromatic rings. The van der Waals surface area contributed by atoms with E-state index in [1.165, 1.54) is 0 Å². The topological polar surface area (TPSA) is 192 Å². The summed E-state index contributed by atoms with van der Waals surface area (Å²) < 4.78 is 11.5. The van der Waals surface area contributed by atoms with Gasteiger partial charge in [-0.15, -0.1) is 0 Å². The van der Waals surface area contributed by atoms with E-state index in [1.807, 2.05) is 0 Å². The first-order chi connectivity index (χ1) is 27.0. The van der Waals surface area contributed by atoms with Crippen molar-refractivity contribution >= 4 is 47.5 Å². The van der Waals surface area contributed by atoms with E-state index in [0.717, 1.165) is 20.0 Å². The number of rotatable bonds is 21. The maximum atomic E-state index is 13.9. The number of urea groups is 2. The zero-order chi connectivity index (χ0) is 40.9. The van der Waals surface area contributed by atoms with Gasteiger partial charge in [-0.05, 0) is 49.7 Å². The van der Waals surface area contributed by atoms with Gasteiger partial charge in [-0.1, -0.05) is 88.4 Å². The minimum absolute atomic E-state index is 0.0158. The first-order valence-corrected chi connectivity index (χ1v) is 19.2. The van der Waals surface area contributed by atoms with Crippen LogP contribution in [0.15, 0.2) is 60.7 Å². The fourth-order valence-electron chi connectivity index (χ4n) is 6.96. The van der Waals surface area contributed by atoms with Crippen molar-refractivity contribution in [1.29, 1.82) is 0 Å². The third-order valence-electron chi connectivity index (χ3n) is 10.1. The highest BCUT2D eigenvalue weighted by Gasteiger charge is 2.57. The second kappa shape index (κ2) is 19.9. The molecule has 0 aromatic heterocycles. The fraction of sp³-hybridized carbons (Fsp3) is 0.500. The Balaban J connectivity index is 1.21. The average molecular weight is 777 g/mol. The van der Waals surface area contributed by atoms with Crippen molar-refractivity contribution in [3.8, 4) is 0 Å². The first-order valence-electron chi connectivity index (χ1n) is 19.2. The second-order valence-electron chi connectivity index (χ2n) is 13.4. The fourth-order valence-corrected chi connectivity index (χ4v) is 6.96. The number of hydrazine groups is 2. The lowest BCUT2D eigenvalue weighted by molar-refractivity contribution is -0.166. The maximum Gasteiger partial charge on any atom is 0.350 e. The summed E-state index contributed by atoms with van der Waals surface area (Å²) in [6.07, 6.45) is 2.17. The molecule has 2 atom stereocenters. The first kappa shape index (κ1) is 43.3. The predicted molar refractivity (Wildman–Crippen MR) is 202 cm³/mol. The Morgan fingerprint density at radius 2 is 0.893 bits per heavy atom. The van der Waals surface area contributed by atoms with Gasteiger partial charge in [-0.25, -0.2) is 19.6 Å². The van der Waals surface area contributed by atoms with Crippen LogP contribution in [0.25, 0.3) is 0 Å². The summed E-state index contributed by atoms with van der Waals surface area (Å²) in [6, 6.07) is 15.0. The molecule has 0 unspecified atom stereocenters. The number of carbonyl (C=O) groups excluding carboxylic acids is 8. The van der Waals surface area contributed by atoms with Crippen molar-refractivity contribution < 1.29 is 47.8 Å². The molecule has 2 N–H and O–H groups in total. The zero-order valence-corrected chi connectivity index (χ0v) is 32.5. The smallest absolute Gasteiger partial charge is 0.350 e. The van der Waals surface area contributed by atoms with Gasteiger partial charge >= 0.3 is 12.1 Å². The van der Waals surface area contributed by atoms with Crippen molar-refractivity contribution in [2.75, 3.05) is 39.5 Å². The molecule has 2 aromatic carbocycles. The van der Waals surface area contributed by atoms with Gasteiger partial charge in [0, 0.05) is 52.4 Å². The van der Waals surface area contributed by atoms with Gasteiger partial charge in [-0.3, -0.25) is 39.4 Å². The second-order valence-corrected chi connectivity index (χ2v) is 13.4. The standard InChI is InChI=1S/C40H52N6O10/c1-5-31(47)43(45-35(51)39(7-3,33(49)41-37(45)53)29-19-11-9-12-20-29)23-17-27-55-25-15-16-26-56-28-18-24-44(32(48)6-2)46-36(52)40(8-4,34(50)42-38(46)54)30-21-13-10-14-22-30/h9-14,19-22H,5-8,15-18,23-28H2,1-4H3,(H,41,49,53)(H,42,50,54)/t39-,40-/m1/s1. The SMILES string of the molecule is CCC(=O)N(CCCOCCCCOCCCN(C(=O)CC)N1C(=O)NC(=O)[C@@](CC)(c2ccccc2)C1=O)N1C(=O)NC(=O)[C@@](CC)(c2ccccc2)C1=O. The molecule has 10 amide bonds. The number of amides is 10. The highest BCUT2D eigenvalue weighted by Crippen LogP contribution is 2.35. The Morgan fingerprint density at radius 3 is 1.21 bits per heavy atom. The van der Waals surface area contributed by atoms with Crippen LogP contribution in [-0.2, 0) is 49.1 Å². The van der Waals surface area contributed by atoms with Gasteiger partial charge in [-0.2, -0.15) is 10.0 Å². The zero-order valence-electron chi connectivity index (χ0n) is 32.5. The summed E-state index contributed by atoms with van der Waals surface area (Å²) >= 11 is 0. The van der Waals surface area contributed by atoms with Crippen LogP contribution in [0.3, 0.4) is 0 Å². The molecule has 16 nitrogen and oxygen atoms in total. The summed E-state index contributed by atoms with van der Waals surface area (Å²) in [5, 5.41) is 8.22. The van der Waals surface area contributed by atoms with Crippen LogP contribution in [0.2, 0.25) is 0 Å². The molecule has 302 valence electrons.